The van der Waals surface area contributed by atoms with E-state index in [1.165, 1.54) is 0 Å². The standard InChI is InChI=1S/C10H22N2O/c1-8(2)12(7-6-11)9(13)10(3,4)5/h8H,6-7,11H2,1-5H3. The summed E-state index contributed by atoms with van der Waals surface area (Å²) < 4.78 is 0. The number of hydrogen-bond donors (Lipinski definition) is 1. The molecule has 2 N–H and O–H groups in total. The van der Waals surface area contributed by atoms with Crippen molar-refractivity contribution >= 4 is 5.91 Å². The van der Waals surface area contributed by atoms with Crippen LogP contribution in [0.15, 0.2) is 0 Å². The van der Waals surface area contributed by atoms with Gasteiger partial charge in [-0.3, -0.25) is 4.79 Å². The Kier molecular flexibility index (Phi) is 4.40. The van der Waals surface area contributed by atoms with Crippen LogP contribution in [-0.4, -0.2) is 29.9 Å². The molecule has 0 aromatic carbocycles. The molecule has 0 radical (unpaired) electrons. The highest BCUT2D eigenvalue weighted by molar-refractivity contribution is 5.81. The summed E-state index contributed by atoms with van der Waals surface area (Å²) in [6, 6.07) is 0.232. The molecule has 3 nitrogen and oxygen atoms in total. The largest absolute Gasteiger partial charge is 0.339 e. The number of carbonyl (C=O) groups is 1. The molecule has 78 valence electrons. The molecule has 0 spiro atoms. The van der Waals surface area contributed by atoms with Crippen LogP contribution < -0.4 is 5.73 Å². The molecular formula is C10H22N2O. The van der Waals surface area contributed by atoms with E-state index in [1.807, 2.05) is 39.5 Å². The van der Waals surface area contributed by atoms with Gasteiger partial charge in [-0.25, -0.2) is 0 Å². The van der Waals surface area contributed by atoms with E-state index in [-0.39, 0.29) is 17.4 Å². The van der Waals surface area contributed by atoms with E-state index < -0.39 is 0 Å². The first-order valence-corrected chi connectivity index (χ1v) is 4.82. The van der Waals surface area contributed by atoms with Gasteiger partial charge in [0.05, 0.1) is 0 Å². The van der Waals surface area contributed by atoms with Gasteiger partial charge in [-0.05, 0) is 13.8 Å². The van der Waals surface area contributed by atoms with Gasteiger partial charge in [0.25, 0.3) is 0 Å². The van der Waals surface area contributed by atoms with Crippen molar-refractivity contribution in [1.29, 1.82) is 0 Å². The van der Waals surface area contributed by atoms with Crippen molar-refractivity contribution in [3.8, 4) is 0 Å². The lowest BCUT2D eigenvalue weighted by molar-refractivity contribution is -0.141. The van der Waals surface area contributed by atoms with Crippen molar-refractivity contribution in [3.63, 3.8) is 0 Å². The number of nitrogens with two attached hydrogens (primary N) is 1. The SMILES string of the molecule is CC(C)N(CCN)C(=O)C(C)(C)C. The fraction of sp³-hybridized carbons (Fsp3) is 0.900. The number of carbonyl (C=O) groups excluding carboxylic acids is 1. The quantitative estimate of drug-likeness (QED) is 0.720. The van der Waals surface area contributed by atoms with E-state index in [1.54, 1.807) is 0 Å². The Balaban J connectivity index is 4.47. The lowest BCUT2D eigenvalue weighted by Crippen LogP contribution is -2.45. The molecule has 13 heavy (non-hydrogen) atoms. The summed E-state index contributed by atoms with van der Waals surface area (Å²) in [6.45, 7) is 11.0. The predicted molar refractivity (Wildman–Crippen MR) is 55.4 cm³/mol. The second-order valence-electron chi connectivity index (χ2n) is 4.63. The van der Waals surface area contributed by atoms with Gasteiger partial charge in [-0.1, -0.05) is 20.8 Å². The Morgan fingerprint density at radius 3 is 2.08 bits per heavy atom. The monoisotopic (exact) mass is 186 g/mol. The highest BCUT2D eigenvalue weighted by Gasteiger charge is 2.27. The maximum atomic E-state index is 11.9. The van der Waals surface area contributed by atoms with Crippen LogP contribution in [-0.2, 0) is 4.79 Å². The van der Waals surface area contributed by atoms with E-state index in [0.717, 1.165) is 0 Å². The van der Waals surface area contributed by atoms with Crippen molar-refractivity contribution in [2.24, 2.45) is 11.1 Å². The molecule has 0 aliphatic carbocycles. The van der Waals surface area contributed by atoms with Gasteiger partial charge < -0.3 is 10.6 Å². The maximum Gasteiger partial charge on any atom is 0.228 e. The Bertz CT molecular complexity index is 170. The molecule has 0 fully saturated rings. The van der Waals surface area contributed by atoms with Crippen molar-refractivity contribution in [1.82, 2.24) is 4.90 Å². The number of hydrogen-bond acceptors (Lipinski definition) is 2. The third kappa shape index (κ3) is 3.77. The first-order valence-electron chi connectivity index (χ1n) is 4.82. The summed E-state index contributed by atoms with van der Waals surface area (Å²) in [6.07, 6.45) is 0. The molecule has 0 bridgehead atoms. The summed E-state index contributed by atoms with van der Waals surface area (Å²) in [7, 11) is 0. The average Bonchev–Trinajstić information content (AvgIpc) is 1.96. The summed E-state index contributed by atoms with van der Waals surface area (Å²) in [5.74, 6) is 0.174. The van der Waals surface area contributed by atoms with Crippen LogP contribution in [0.1, 0.15) is 34.6 Å². The zero-order valence-electron chi connectivity index (χ0n) is 9.42. The molecule has 0 unspecified atom stereocenters. The maximum absolute atomic E-state index is 11.9. The van der Waals surface area contributed by atoms with Gasteiger partial charge in [-0.15, -0.1) is 0 Å². The van der Waals surface area contributed by atoms with E-state index >= 15 is 0 Å². The fourth-order valence-corrected chi connectivity index (χ4v) is 1.16. The topological polar surface area (TPSA) is 46.3 Å². The van der Waals surface area contributed by atoms with Crippen molar-refractivity contribution in [3.05, 3.63) is 0 Å². The van der Waals surface area contributed by atoms with Crippen LogP contribution in [0.2, 0.25) is 0 Å². The molecule has 0 aromatic heterocycles. The van der Waals surface area contributed by atoms with Crippen molar-refractivity contribution < 1.29 is 4.79 Å². The molecule has 0 aliphatic heterocycles. The molecule has 1 amide bonds. The van der Waals surface area contributed by atoms with E-state index in [4.69, 9.17) is 5.73 Å². The zero-order valence-corrected chi connectivity index (χ0v) is 9.42. The normalized spacial score (nSPS) is 11.9. The highest BCUT2D eigenvalue weighted by atomic mass is 16.2. The van der Waals surface area contributed by atoms with Crippen molar-refractivity contribution in [2.45, 2.75) is 40.7 Å². The van der Waals surface area contributed by atoms with Crippen LogP contribution in [0.5, 0.6) is 0 Å². The molecule has 3 heteroatoms. The molecule has 0 saturated carbocycles. The molecule has 0 heterocycles. The third-order valence-electron chi connectivity index (χ3n) is 1.90. The van der Waals surface area contributed by atoms with Gasteiger partial charge in [0, 0.05) is 24.5 Å². The Morgan fingerprint density at radius 1 is 1.38 bits per heavy atom. The molecule has 0 aromatic rings. The lowest BCUT2D eigenvalue weighted by atomic mass is 9.94. The van der Waals surface area contributed by atoms with Crippen LogP contribution in [0.25, 0.3) is 0 Å². The van der Waals surface area contributed by atoms with Gasteiger partial charge in [0.2, 0.25) is 5.91 Å². The van der Waals surface area contributed by atoms with Gasteiger partial charge in [0.1, 0.15) is 0 Å². The summed E-state index contributed by atoms with van der Waals surface area (Å²) in [5.41, 5.74) is 5.15. The number of nitrogens with zero attached hydrogens (tertiary/aromatic N) is 1. The number of rotatable bonds is 3. The lowest BCUT2D eigenvalue weighted by Gasteiger charge is -2.32. The number of amides is 1. The Labute approximate surface area is 81.3 Å². The summed E-state index contributed by atoms with van der Waals surface area (Å²) in [5, 5.41) is 0. The molecule has 0 saturated heterocycles. The first kappa shape index (κ1) is 12.4. The molecular weight excluding hydrogens is 164 g/mol. The molecule has 0 atom stereocenters. The van der Waals surface area contributed by atoms with Crippen LogP contribution in [0, 0.1) is 5.41 Å². The Hall–Kier alpha value is -0.570. The minimum atomic E-state index is -0.306. The second kappa shape index (κ2) is 4.61. The van der Waals surface area contributed by atoms with E-state index in [0.29, 0.717) is 13.1 Å². The third-order valence-corrected chi connectivity index (χ3v) is 1.90. The average molecular weight is 186 g/mol. The van der Waals surface area contributed by atoms with Gasteiger partial charge >= 0.3 is 0 Å². The van der Waals surface area contributed by atoms with Crippen LogP contribution >= 0.6 is 0 Å². The van der Waals surface area contributed by atoms with Gasteiger partial charge in [-0.2, -0.15) is 0 Å². The minimum absolute atomic E-state index is 0.174. The first-order chi connectivity index (χ1) is 5.80. The zero-order chi connectivity index (χ0) is 10.6. The van der Waals surface area contributed by atoms with Crippen LogP contribution in [0.4, 0.5) is 0 Å². The van der Waals surface area contributed by atoms with Crippen LogP contribution in [0.3, 0.4) is 0 Å². The second-order valence-corrected chi connectivity index (χ2v) is 4.63. The molecule has 0 aliphatic rings. The highest BCUT2D eigenvalue weighted by Crippen LogP contribution is 2.18. The van der Waals surface area contributed by atoms with Crippen molar-refractivity contribution in [2.75, 3.05) is 13.1 Å². The van der Waals surface area contributed by atoms with E-state index in [9.17, 15) is 4.79 Å². The Morgan fingerprint density at radius 2 is 1.85 bits per heavy atom. The summed E-state index contributed by atoms with van der Waals surface area (Å²) in [4.78, 5) is 13.7. The van der Waals surface area contributed by atoms with E-state index in [2.05, 4.69) is 0 Å². The van der Waals surface area contributed by atoms with Gasteiger partial charge in [0.15, 0.2) is 0 Å². The minimum Gasteiger partial charge on any atom is -0.339 e. The smallest absolute Gasteiger partial charge is 0.228 e. The summed E-state index contributed by atoms with van der Waals surface area (Å²) >= 11 is 0. The predicted octanol–water partition coefficient (Wildman–Crippen LogP) is 1.23. The fourth-order valence-electron chi connectivity index (χ4n) is 1.16. The molecule has 0 rings (SSSR count).